The average Bonchev–Trinajstić information content (AvgIpc) is 2.37. The molecule has 1 aromatic rings. The summed E-state index contributed by atoms with van der Waals surface area (Å²) in [5, 5.41) is 5.48. The van der Waals surface area contributed by atoms with Crippen LogP contribution in [0, 0.1) is 0 Å². The summed E-state index contributed by atoms with van der Waals surface area (Å²) in [6.45, 7) is 3.33. The van der Waals surface area contributed by atoms with Crippen molar-refractivity contribution in [3.63, 3.8) is 0 Å². The van der Waals surface area contributed by atoms with E-state index in [1.54, 1.807) is 19.2 Å². The van der Waals surface area contributed by atoms with Crippen LogP contribution in [0.5, 0.6) is 0 Å². The van der Waals surface area contributed by atoms with Crippen LogP contribution < -0.4 is 5.73 Å². The van der Waals surface area contributed by atoms with Crippen molar-refractivity contribution < 1.29 is 4.39 Å². The second-order valence-electron chi connectivity index (χ2n) is 3.39. The van der Waals surface area contributed by atoms with Crippen molar-refractivity contribution in [2.45, 2.75) is 32.0 Å². The Morgan fingerprint density at radius 3 is 2.83 bits per heavy atom. The van der Waals surface area contributed by atoms with Crippen molar-refractivity contribution in [2.24, 2.45) is 5.73 Å². The minimum Gasteiger partial charge on any atom is -0.323 e. The van der Waals surface area contributed by atoms with Gasteiger partial charge in [0.05, 0.1) is 5.69 Å². The molecule has 0 amide bonds. The van der Waals surface area contributed by atoms with Crippen molar-refractivity contribution in [3.05, 3.63) is 11.1 Å². The summed E-state index contributed by atoms with van der Waals surface area (Å²) < 4.78 is 16.9. The van der Waals surface area contributed by atoms with E-state index in [2.05, 4.69) is 9.59 Å². The minimum atomic E-state index is -1.07. The number of nitrogens with two attached hydrogens (primary N) is 1. The average molecular weight is 189 g/mol. The monoisotopic (exact) mass is 189 g/mol. The zero-order valence-electron chi connectivity index (χ0n) is 7.12. The Hall–Kier alpha value is -0.550. The molecule has 0 bridgehead atoms. The van der Waals surface area contributed by atoms with Crippen molar-refractivity contribution in [3.8, 4) is 0 Å². The zero-order valence-corrected chi connectivity index (χ0v) is 7.94. The standard InChI is InChI=1S/C7H12FN3S/c1-7(2,9)6(8)3-5-4-12-11-10-5/h4,6H,3,9H2,1-2H3. The van der Waals surface area contributed by atoms with Crippen molar-refractivity contribution in [1.82, 2.24) is 9.59 Å². The van der Waals surface area contributed by atoms with Gasteiger partial charge in [-0.1, -0.05) is 4.49 Å². The Kier molecular flexibility index (Phi) is 2.74. The molecule has 0 saturated heterocycles. The molecular formula is C7H12FN3S. The third-order valence-corrected chi connectivity index (χ3v) is 2.15. The van der Waals surface area contributed by atoms with Crippen LogP contribution in [-0.2, 0) is 6.42 Å². The summed E-state index contributed by atoms with van der Waals surface area (Å²) in [4.78, 5) is 0. The molecule has 1 heterocycles. The van der Waals surface area contributed by atoms with Crippen LogP contribution in [0.3, 0.4) is 0 Å². The summed E-state index contributed by atoms with van der Waals surface area (Å²) in [6.07, 6.45) is -0.818. The molecule has 2 N–H and O–H groups in total. The SMILES string of the molecule is CC(C)(N)C(F)Cc1csnn1. The van der Waals surface area contributed by atoms with E-state index in [1.165, 1.54) is 11.5 Å². The number of hydrogen-bond donors (Lipinski definition) is 1. The van der Waals surface area contributed by atoms with E-state index in [4.69, 9.17) is 5.73 Å². The van der Waals surface area contributed by atoms with Crippen LogP contribution in [0.25, 0.3) is 0 Å². The predicted molar refractivity (Wildman–Crippen MR) is 46.8 cm³/mol. The summed E-state index contributed by atoms with van der Waals surface area (Å²) in [7, 11) is 0. The third-order valence-electron chi connectivity index (χ3n) is 1.60. The topological polar surface area (TPSA) is 51.8 Å². The maximum absolute atomic E-state index is 13.3. The number of alkyl halides is 1. The van der Waals surface area contributed by atoms with Crippen molar-refractivity contribution in [2.75, 3.05) is 0 Å². The molecule has 5 heteroatoms. The Bertz CT molecular complexity index is 229. The van der Waals surface area contributed by atoms with Crippen LogP contribution in [0.15, 0.2) is 5.38 Å². The van der Waals surface area contributed by atoms with Crippen LogP contribution >= 0.6 is 11.5 Å². The first-order valence-electron chi connectivity index (χ1n) is 3.69. The second-order valence-corrected chi connectivity index (χ2v) is 4.00. The molecule has 1 aromatic heterocycles. The maximum Gasteiger partial charge on any atom is 0.123 e. The quantitative estimate of drug-likeness (QED) is 0.776. The first-order valence-corrected chi connectivity index (χ1v) is 4.52. The van der Waals surface area contributed by atoms with Gasteiger partial charge in [0.1, 0.15) is 6.17 Å². The molecule has 1 atom stereocenters. The van der Waals surface area contributed by atoms with Gasteiger partial charge in [-0.15, -0.1) is 5.10 Å². The normalized spacial score (nSPS) is 14.7. The van der Waals surface area contributed by atoms with Gasteiger partial charge in [-0.25, -0.2) is 4.39 Å². The van der Waals surface area contributed by atoms with Gasteiger partial charge >= 0.3 is 0 Å². The Morgan fingerprint density at radius 1 is 1.75 bits per heavy atom. The molecular weight excluding hydrogens is 177 g/mol. The van der Waals surface area contributed by atoms with Crippen LogP contribution in [0.1, 0.15) is 19.5 Å². The molecule has 0 aliphatic rings. The van der Waals surface area contributed by atoms with E-state index in [1.807, 2.05) is 0 Å². The molecule has 0 aromatic carbocycles. The molecule has 12 heavy (non-hydrogen) atoms. The fraction of sp³-hybridized carbons (Fsp3) is 0.714. The van der Waals surface area contributed by atoms with Gasteiger partial charge in [0, 0.05) is 17.3 Å². The molecule has 0 radical (unpaired) electrons. The molecule has 0 fully saturated rings. The summed E-state index contributed by atoms with van der Waals surface area (Å²) in [5.74, 6) is 0. The maximum atomic E-state index is 13.3. The summed E-state index contributed by atoms with van der Waals surface area (Å²) >= 11 is 1.22. The number of hydrogen-bond acceptors (Lipinski definition) is 4. The summed E-state index contributed by atoms with van der Waals surface area (Å²) in [6, 6.07) is 0. The molecule has 1 unspecified atom stereocenters. The van der Waals surface area contributed by atoms with Crippen LogP contribution in [-0.4, -0.2) is 21.3 Å². The Labute approximate surface area is 75.0 Å². The third kappa shape index (κ3) is 2.49. The Balaban J connectivity index is 2.53. The second kappa shape index (κ2) is 3.45. The minimum absolute atomic E-state index is 0.250. The smallest absolute Gasteiger partial charge is 0.123 e. The van der Waals surface area contributed by atoms with Gasteiger partial charge < -0.3 is 5.73 Å². The first-order chi connectivity index (χ1) is 5.50. The van der Waals surface area contributed by atoms with E-state index in [0.29, 0.717) is 5.69 Å². The molecule has 68 valence electrons. The van der Waals surface area contributed by atoms with Gasteiger partial charge in [-0.2, -0.15) is 0 Å². The van der Waals surface area contributed by atoms with Crippen molar-refractivity contribution in [1.29, 1.82) is 0 Å². The van der Waals surface area contributed by atoms with E-state index in [-0.39, 0.29) is 6.42 Å². The lowest BCUT2D eigenvalue weighted by Gasteiger charge is -2.22. The number of aromatic nitrogens is 2. The zero-order chi connectivity index (χ0) is 9.19. The molecule has 0 spiro atoms. The molecule has 3 nitrogen and oxygen atoms in total. The van der Waals surface area contributed by atoms with Gasteiger partial charge in [0.15, 0.2) is 0 Å². The summed E-state index contributed by atoms with van der Waals surface area (Å²) in [5.41, 5.74) is 5.45. The Morgan fingerprint density at radius 2 is 2.42 bits per heavy atom. The lowest BCUT2D eigenvalue weighted by atomic mass is 9.97. The first kappa shape index (κ1) is 9.54. The van der Waals surface area contributed by atoms with Crippen molar-refractivity contribution >= 4 is 11.5 Å². The number of nitrogens with zero attached hydrogens (tertiary/aromatic N) is 2. The largest absolute Gasteiger partial charge is 0.323 e. The van der Waals surface area contributed by atoms with Gasteiger partial charge in [-0.05, 0) is 25.4 Å². The highest BCUT2D eigenvalue weighted by Crippen LogP contribution is 2.14. The van der Waals surface area contributed by atoms with Gasteiger partial charge in [-0.3, -0.25) is 0 Å². The predicted octanol–water partition coefficient (Wildman–Crippen LogP) is 1.16. The van der Waals surface area contributed by atoms with Gasteiger partial charge in [0.2, 0.25) is 0 Å². The number of rotatable bonds is 3. The molecule has 0 saturated carbocycles. The van der Waals surface area contributed by atoms with E-state index >= 15 is 0 Å². The van der Waals surface area contributed by atoms with E-state index < -0.39 is 11.7 Å². The molecule has 0 aliphatic heterocycles. The van der Waals surface area contributed by atoms with Crippen LogP contribution in [0.4, 0.5) is 4.39 Å². The lowest BCUT2D eigenvalue weighted by Crippen LogP contribution is -2.43. The lowest BCUT2D eigenvalue weighted by molar-refractivity contribution is 0.217. The highest BCUT2D eigenvalue weighted by Gasteiger charge is 2.25. The number of halogens is 1. The van der Waals surface area contributed by atoms with E-state index in [9.17, 15) is 4.39 Å². The molecule has 1 rings (SSSR count). The highest BCUT2D eigenvalue weighted by atomic mass is 32.1. The van der Waals surface area contributed by atoms with Gasteiger partial charge in [0.25, 0.3) is 0 Å². The fourth-order valence-electron chi connectivity index (χ4n) is 0.720. The highest BCUT2D eigenvalue weighted by molar-refractivity contribution is 7.03. The fourth-order valence-corrected chi connectivity index (χ4v) is 1.18. The molecule has 0 aliphatic carbocycles. The van der Waals surface area contributed by atoms with E-state index in [0.717, 1.165) is 0 Å². The van der Waals surface area contributed by atoms with Crippen LogP contribution in [0.2, 0.25) is 0 Å².